The molecule has 0 heterocycles. The van der Waals surface area contributed by atoms with Crippen molar-refractivity contribution in [3.8, 4) is 0 Å². The summed E-state index contributed by atoms with van der Waals surface area (Å²) in [5, 5.41) is -5.41. The Balaban J connectivity index is 5.16. The predicted octanol–water partition coefficient (Wildman–Crippen LogP) is 1.84. The van der Waals surface area contributed by atoms with E-state index in [9.17, 15) is 30.7 Å². The van der Waals surface area contributed by atoms with Crippen molar-refractivity contribution < 1.29 is 30.7 Å². The summed E-state index contributed by atoms with van der Waals surface area (Å²) in [5.74, 6) is -5.26. The zero-order valence-electron chi connectivity index (χ0n) is 6.61. The summed E-state index contributed by atoms with van der Waals surface area (Å²) in [6.45, 7) is 0.349. The second-order valence-electron chi connectivity index (χ2n) is 2.80. The van der Waals surface area contributed by atoms with Crippen molar-refractivity contribution >= 4 is 11.1 Å². The van der Waals surface area contributed by atoms with Gasteiger partial charge in [0, 0.05) is 11.1 Å². The molecule has 0 aliphatic carbocycles. The van der Waals surface area contributed by atoms with Crippen LogP contribution in [0.1, 0.15) is 13.8 Å². The van der Waals surface area contributed by atoms with Crippen LogP contribution in [0.3, 0.4) is 0 Å². The van der Waals surface area contributed by atoms with Crippen LogP contribution in [0.25, 0.3) is 0 Å². The third-order valence-corrected chi connectivity index (χ3v) is 2.00. The van der Waals surface area contributed by atoms with Crippen LogP contribution in [-0.2, 0) is 11.1 Å². The smallest absolute Gasteiger partial charge is 0.374 e. The summed E-state index contributed by atoms with van der Waals surface area (Å²) < 4.78 is 81.3. The van der Waals surface area contributed by atoms with E-state index >= 15 is 0 Å². The first-order valence-electron chi connectivity index (χ1n) is 2.98. The summed E-state index contributed by atoms with van der Waals surface area (Å²) in [4.78, 5) is 0. The van der Waals surface area contributed by atoms with Crippen molar-refractivity contribution in [3.05, 3.63) is 0 Å². The average molecular weight is 225 g/mol. The Hall–Kier alpha value is -0.240. The van der Waals surface area contributed by atoms with Gasteiger partial charge in [-0.2, -0.15) is 17.6 Å². The second-order valence-corrected chi connectivity index (χ2v) is 3.78. The molecule has 0 saturated carbocycles. The monoisotopic (exact) mass is 225 g/mol. The molecular weight excluding hydrogens is 219 g/mol. The van der Waals surface area contributed by atoms with Crippen LogP contribution in [0.4, 0.5) is 22.0 Å². The van der Waals surface area contributed by atoms with E-state index in [-0.39, 0.29) is 13.8 Å². The van der Waals surface area contributed by atoms with Gasteiger partial charge in [0.15, 0.2) is 5.67 Å². The minimum absolute atomic E-state index is 0.174. The minimum Gasteiger partial charge on any atom is -0.768 e. The molecule has 0 bridgehead atoms. The largest absolute Gasteiger partial charge is 0.768 e. The minimum atomic E-state index is -5.41. The molecule has 0 aromatic heterocycles. The van der Waals surface area contributed by atoms with Crippen LogP contribution >= 0.6 is 0 Å². The first-order valence-corrected chi connectivity index (χ1v) is 4.06. The van der Waals surface area contributed by atoms with E-state index in [1.165, 1.54) is 0 Å². The van der Waals surface area contributed by atoms with Crippen LogP contribution in [0.5, 0.6) is 0 Å². The van der Waals surface area contributed by atoms with Crippen molar-refractivity contribution in [3.63, 3.8) is 0 Å². The summed E-state index contributed by atoms with van der Waals surface area (Å²) >= 11 is -4.37. The van der Waals surface area contributed by atoms with Crippen LogP contribution in [-0.4, -0.2) is 25.6 Å². The summed E-state index contributed by atoms with van der Waals surface area (Å²) in [6.07, 6.45) is 0. The normalized spacial score (nSPS) is 17.2. The van der Waals surface area contributed by atoms with Gasteiger partial charge in [-0.05, 0) is 13.8 Å². The van der Waals surface area contributed by atoms with E-state index in [1.807, 2.05) is 0 Å². The van der Waals surface area contributed by atoms with Gasteiger partial charge in [0.05, 0.1) is 0 Å². The van der Waals surface area contributed by atoms with Crippen LogP contribution in [0.2, 0.25) is 0 Å². The fraction of sp³-hybridized carbons (Fsp3) is 1.00. The number of alkyl halides is 5. The van der Waals surface area contributed by atoms with Gasteiger partial charge in [0.2, 0.25) is 0 Å². The van der Waals surface area contributed by atoms with Gasteiger partial charge in [-0.25, -0.2) is 4.39 Å². The van der Waals surface area contributed by atoms with Crippen molar-refractivity contribution in [2.75, 3.05) is 0 Å². The average Bonchev–Trinajstić information content (AvgIpc) is 1.84. The standard InChI is InChI=1S/C5H7F5O2S/c1-3(2,6)4(7,8)5(9,10)13(11)12/h1-2H3,(H,11,12)/p-1. The number of halogens is 5. The Morgan fingerprint density at radius 1 is 1.08 bits per heavy atom. The summed E-state index contributed by atoms with van der Waals surface area (Å²) in [6, 6.07) is 0. The maximum absolute atomic E-state index is 12.5. The molecule has 0 rings (SSSR count). The highest BCUT2D eigenvalue weighted by atomic mass is 32.2. The Bertz CT molecular complexity index is 221. The predicted molar refractivity (Wildman–Crippen MR) is 34.0 cm³/mol. The lowest BCUT2D eigenvalue weighted by atomic mass is 10.0. The molecule has 1 atom stereocenters. The van der Waals surface area contributed by atoms with E-state index < -0.39 is 27.9 Å². The molecule has 0 radical (unpaired) electrons. The van der Waals surface area contributed by atoms with Crippen LogP contribution in [0.15, 0.2) is 0 Å². The number of rotatable bonds is 3. The molecule has 0 aliphatic rings. The lowest BCUT2D eigenvalue weighted by Crippen LogP contribution is -2.55. The van der Waals surface area contributed by atoms with Crippen LogP contribution < -0.4 is 0 Å². The molecule has 80 valence electrons. The van der Waals surface area contributed by atoms with Crippen molar-refractivity contribution in [1.29, 1.82) is 0 Å². The molecule has 0 aromatic carbocycles. The van der Waals surface area contributed by atoms with Gasteiger partial charge >= 0.3 is 11.2 Å². The Morgan fingerprint density at radius 2 is 1.38 bits per heavy atom. The molecule has 8 heteroatoms. The first-order chi connectivity index (χ1) is 5.44. The zero-order chi connectivity index (χ0) is 11.1. The quantitative estimate of drug-likeness (QED) is 0.543. The Labute approximate surface area is 73.4 Å². The van der Waals surface area contributed by atoms with E-state index in [0.29, 0.717) is 0 Å². The first kappa shape index (κ1) is 12.8. The maximum atomic E-state index is 12.5. The fourth-order valence-electron chi connectivity index (χ4n) is 0.451. The van der Waals surface area contributed by atoms with Gasteiger partial charge in [0.1, 0.15) is 0 Å². The fourth-order valence-corrected chi connectivity index (χ4v) is 0.903. The van der Waals surface area contributed by atoms with Gasteiger partial charge in [0.25, 0.3) is 0 Å². The highest BCUT2D eigenvalue weighted by Crippen LogP contribution is 2.45. The highest BCUT2D eigenvalue weighted by molar-refractivity contribution is 7.80. The SMILES string of the molecule is CC(C)(F)C(F)(F)C(F)(F)S(=O)[O-]. The summed E-state index contributed by atoms with van der Waals surface area (Å²) in [5.41, 5.74) is -3.61. The molecular formula is C5H6F5O2S-. The van der Waals surface area contributed by atoms with Gasteiger partial charge in [-0.1, -0.05) is 0 Å². The third-order valence-electron chi connectivity index (χ3n) is 1.32. The third kappa shape index (κ3) is 1.98. The maximum Gasteiger partial charge on any atom is 0.374 e. The van der Waals surface area contributed by atoms with E-state index in [4.69, 9.17) is 0 Å². The Morgan fingerprint density at radius 3 is 1.46 bits per heavy atom. The molecule has 1 unspecified atom stereocenters. The topological polar surface area (TPSA) is 40.1 Å². The molecule has 0 saturated heterocycles. The molecule has 0 aromatic rings. The van der Waals surface area contributed by atoms with Gasteiger partial charge in [-0.3, -0.25) is 4.21 Å². The zero-order valence-corrected chi connectivity index (χ0v) is 7.43. The lowest BCUT2D eigenvalue weighted by molar-refractivity contribution is -0.223. The highest BCUT2D eigenvalue weighted by Gasteiger charge is 2.67. The molecule has 13 heavy (non-hydrogen) atoms. The molecule has 0 N–H and O–H groups in total. The number of hydrogen-bond donors (Lipinski definition) is 0. The van der Waals surface area contributed by atoms with E-state index in [0.717, 1.165) is 0 Å². The summed E-state index contributed by atoms with van der Waals surface area (Å²) in [7, 11) is 0. The molecule has 0 fully saturated rings. The molecule has 0 spiro atoms. The van der Waals surface area contributed by atoms with E-state index in [2.05, 4.69) is 0 Å². The molecule has 0 amide bonds. The van der Waals surface area contributed by atoms with Crippen LogP contribution in [0, 0.1) is 0 Å². The Kier molecular flexibility index (Phi) is 3.10. The van der Waals surface area contributed by atoms with Crippen molar-refractivity contribution in [2.45, 2.75) is 30.7 Å². The lowest BCUT2D eigenvalue weighted by Gasteiger charge is -2.34. The van der Waals surface area contributed by atoms with Gasteiger partial charge < -0.3 is 4.55 Å². The van der Waals surface area contributed by atoms with Gasteiger partial charge in [-0.15, -0.1) is 0 Å². The van der Waals surface area contributed by atoms with E-state index in [1.54, 1.807) is 0 Å². The van der Waals surface area contributed by atoms with Crippen molar-refractivity contribution in [2.24, 2.45) is 0 Å². The molecule has 0 aliphatic heterocycles. The molecule has 2 nitrogen and oxygen atoms in total. The second kappa shape index (κ2) is 3.16. The number of hydrogen-bond acceptors (Lipinski definition) is 2. The van der Waals surface area contributed by atoms with Crippen molar-refractivity contribution in [1.82, 2.24) is 0 Å².